The van der Waals surface area contributed by atoms with Crippen LogP contribution in [0.15, 0.2) is 30.3 Å². The summed E-state index contributed by atoms with van der Waals surface area (Å²) in [6.45, 7) is 4.02. The number of aryl methyl sites for hydroxylation is 2. The van der Waals surface area contributed by atoms with Crippen molar-refractivity contribution in [2.45, 2.75) is 13.8 Å². The van der Waals surface area contributed by atoms with Crippen LogP contribution in [0, 0.1) is 25.2 Å². The Morgan fingerprint density at radius 3 is 2.50 bits per heavy atom. The van der Waals surface area contributed by atoms with Gasteiger partial charge in [-0.15, -0.1) is 0 Å². The first kappa shape index (κ1) is 8.77. The zero-order chi connectivity index (χ0) is 10.1. The van der Waals surface area contributed by atoms with Crippen molar-refractivity contribution < 1.29 is 0 Å². The average molecular weight is 181 g/mol. The summed E-state index contributed by atoms with van der Waals surface area (Å²) in [7, 11) is 0. The second-order valence-corrected chi connectivity index (χ2v) is 3.59. The minimum atomic E-state index is 0.797. The van der Waals surface area contributed by atoms with Crippen LogP contribution in [-0.2, 0) is 0 Å². The van der Waals surface area contributed by atoms with Crippen molar-refractivity contribution in [1.82, 2.24) is 0 Å². The third-order valence-corrected chi connectivity index (χ3v) is 2.50. The molecule has 2 aromatic carbocycles. The molecule has 0 aromatic heterocycles. The maximum Gasteiger partial charge on any atom is 0.100 e. The van der Waals surface area contributed by atoms with Gasteiger partial charge in [0.1, 0.15) is 6.07 Å². The molecular weight excluding hydrogens is 170 g/mol. The Balaban J connectivity index is 2.93. The first-order valence-electron chi connectivity index (χ1n) is 4.62. The predicted octanol–water partition coefficient (Wildman–Crippen LogP) is 3.33. The Morgan fingerprint density at radius 1 is 1.07 bits per heavy atom. The molecular formula is C13H11N. The van der Waals surface area contributed by atoms with Gasteiger partial charge in [-0.05, 0) is 30.2 Å². The van der Waals surface area contributed by atoms with Crippen molar-refractivity contribution >= 4 is 10.8 Å². The predicted molar refractivity (Wildman–Crippen MR) is 58.1 cm³/mol. The van der Waals surface area contributed by atoms with Crippen LogP contribution < -0.4 is 0 Å². The van der Waals surface area contributed by atoms with E-state index in [0.717, 1.165) is 21.9 Å². The molecule has 0 atom stereocenters. The van der Waals surface area contributed by atoms with Crippen LogP contribution >= 0.6 is 0 Å². The highest BCUT2D eigenvalue weighted by Gasteiger charge is 2.03. The van der Waals surface area contributed by atoms with Gasteiger partial charge in [0.2, 0.25) is 0 Å². The monoisotopic (exact) mass is 181 g/mol. The SMILES string of the molecule is Cc1ccc2ccc(C)c(C#N)c2c1. The Kier molecular flexibility index (Phi) is 1.98. The Bertz CT molecular complexity index is 527. The van der Waals surface area contributed by atoms with E-state index >= 15 is 0 Å². The molecule has 0 saturated heterocycles. The quantitative estimate of drug-likeness (QED) is 0.611. The molecule has 0 amide bonds. The molecule has 1 heteroatoms. The fourth-order valence-corrected chi connectivity index (χ4v) is 1.69. The molecule has 0 radical (unpaired) electrons. The highest BCUT2D eigenvalue weighted by Crippen LogP contribution is 2.22. The Hall–Kier alpha value is -1.81. The lowest BCUT2D eigenvalue weighted by molar-refractivity contribution is 1.41. The van der Waals surface area contributed by atoms with Crippen molar-refractivity contribution in [2.75, 3.05) is 0 Å². The summed E-state index contributed by atoms with van der Waals surface area (Å²) in [5.41, 5.74) is 3.04. The molecule has 0 unspecified atom stereocenters. The third-order valence-electron chi connectivity index (χ3n) is 2.50. The van der Waals surface area contributed by atoms with Crippen molar-refractivity contribution in [2.24, 2.45) is 0 Å². The first-order valence-corrected chi connectivity index (χ1v) is 4.62. The van der Waals surface area contributed by atoms with E-state index in [-0.39, 0.29) is 0 Å². The summed E-state index contributed by atoms with van der Waals surface area (Å²) < 4.78 is 0. The number of hydrogen-bond acceptors (Lipinski definition) is 1. The van der Waals surface area contributed by atoms with E-state index in [1.165, 1.54) is 5.56 Å². The Morgan fingerprint density at radius 2 is 1.79 bits per heavy atom. The number of rotatable bonds is 0. The van der Waals surface area contributed by atoms with Gasteiger partial charge < -0.3 is 0 Å². The van der Waals surface area contributed by atoms with Gasteiger partial charge >= 0.3 is 0 Å². The van der Waals surface area contributed by atoms with Gasteiger partial charge in [0.05, 0.1) is 5.56 Å². The van der Waals surface area contributed by atoms with Crippen molar-refractivity contribution in [3.05, 3.63) is 47.0 Å². The molecule has 0 heterocycles. The summed E-state index contributed by atoms with van der Waals surface area (Å²) in [4.78, 5) is 0. The number of nitrogens with zero attached hydrogens (tertiary/aromatic N) is 1. The molecule has 14 heavy (non-hydrogen) atoms. The van der Waals surface area contributed by atoms with Gasteiger partial charge in [-0.25, -0.2) is 0 Å². The number of nitriles is 1. The molecule has 2 aromatic rings. The highest BCUT2D eigenvalue weighted by molar-refractivity contribution is 5.89. The number of hydrogen-bond donors (Lipinski definition) is 0. The third kappa shape index (κ3) is 1.25. The van der Waals surface area contributed by atoms with E-state index < -0.39 is 0 Å². The van der Waals surface area contributed by atoms with Crippen molar-refractivity contribution in [3.8, 4) is 6.07 Å². The molecule has 0 bridgehead atoms. The van der Waals surface area contributed by atoms with Gasteiger partial charge in [0, 0.05) is 0 Å². The van der Waals surface area contributed by atoms with Gasteiger partial charge in [0.25, 0.3) is 0 Å². The fourth-order valence-electron chi connectivity index (χ4n) is 1.69. The largest absolute Gasteiger partial charge is 0.192 e. The second-order valence-electron chi connectivity index (χ2n) is 3.59. The van der Waals surface area contributed by atoms with Crippen molar-refractivity contribution in [3.63, 3.8) is 0 Å². The summed E-state index contributed by atoms with van der Waals surface area (Å²) in [5.74, 6) is 0. The van der Waals surface area contributed by atoms with E-state index in [1.54, 1.807) is 0 Å². The summed E-state index contributed by atoms with van der Waals surface area (Å²) >= 11 is 0. The van der Waals surface area contributed by atoms with Crippen LogP contribution in [0.25, 0.3) is 10.8 Å². The zero-order valence-corrected chi connectivity index (χ0v) is 8.33. The van der Waals surface area contributed by atoms with Crippen LogP contribution in [0.3, 0.4) is 0 Å². The standard InChI is InChI=1S/C13H11N/c1-9-3-5-11-6-4-10(2)13(8-14)12(11)7-9/h3-7H,1-2H3. The normalized spacial score (nSPS) is 10.1. The fraction of sp³-hybridized carbons (Fsp3) is 0.154. The van der Waals surface area contributed by atoms with Crippen LogP contribution in [0.1, 0.15) is 16.7 Å². The molecule has 0 aliphatic rings. The van der Waals surface area contributed by atoms with Crippen LogP contribution in [0.5, 0.6) is 0 Å². The minimum absolute atomic E-state index is 0.797. The maximum absolute atomic E-state index is 9.06. The lowest BCUT2D eigenvalue weighted by atomic mass is 9.99. The van der Waals surface area contributed by atoms with Crippen LogP contribution in [0.4, 0.5) is 0 Å². The first-order chi connectivity index (χ1) is 6.72. The summed E-state index contributed by atoms with van der Waals surface area (Å²) in [6, 6.07) is 12.5. The topological polar surface area (TPSA) is 23.8 Å². The smallest absolute Gasteiger partial charge is 0.100 e. The minimum Gasteiger partial charge on any atom is -0.192 e. The van der Waals surface area contributed by atoms with Gasteiger partial charge in [0.15, 0.2) is 0 Å². The molecule has 0 aliphatic heterocycles. The van der Waals surface area contributed by atoms with Crippen molar-refractivity contribution in [1.29, 1.82) is 5.26 Å². The zero-order valence-electron chi connectivity index (χ0n) is 8.33. The summed E-state index contributed by atoms with van der Waals surface area (Å²) in [5, 5.41) is 11.3. The van der Waals surface area contributed by atoms with Gasteiger partial charge in [-0.2, -0.15) is 5.26 Å². The maximum atomic E-state index is 9.06. The second kappa shape index (κ2) is 3.16. The lowest BCUT2D eigenvalue weighted by Gasteiger charge is -2.04. The van der Waals surface area contributed by atoms with Crippen LogP contribution in [-0.4, -0.2) is 0 Å². The molecule has 1 nitrogen and oxygen atoms in total. The van der Waals surface area contributed by atoms with Gasteiger partial charge in [-0.3, -0.25) is 0 Å². The van der Waals surface area contributed by atoms with Crippen LogP contribution in [0.2, 0.25) is 0 Å². The highest BCUT2D eigenvalue weighted by atomic mass is 14.2. The van der Waals surface area contributed by atoms with E-state index in [4.69, 9.17) is 5.26 Å². The molecule has 0 N–H and O–H groups in total. The average Bonchev–Trinajstić information content (AvgIpc) is 2.17. The molecule has 2 rings (SSSR count). The molecule has 0 saturated carbocycles. The van der Waals surface area contributed by atoms with Gasteiger partial charge in [-0.1, -0.05) is 35.9 Å². The van der Waals surface area contributed by atoms with E-state index in [9.17, 15) is 0 Å². The molecule has 0 spiro atoms. The number of benzene rings is 2. The van der Waals surface area contributed by atoms with E-state index in [1.807, 2.05) is 19.9 Å². The molecule has 0 aliphatic carbocycles. The summed E-state index contributed by atoms with van der Waals surface area (Å²) in [6.07, 6.45) is 0. The molecule has 68 valence electrons. The van der Waals surface area contributed by atoms with E-state index in [2.05, 4.69) is 30.3 Å². The lowest BCUT2D eigenvalue weighted by Crippen LogP contribution is -1.85. The number of fused-ring (bicyclic) bond motifs is 1. The van der Waals surface area contributed by atoms with E-state index in [0.29, 0.717) is 0 Å². The molecule has 0 fully saturated rings. The Labute approximate surface area is 83.6 Å².